The first-order valence-electron chi connectivity index (χ1n) is 9.44. The molecule has 0 spiro atoms. The molecule has 0 saturated heterocycles. The van der Waals surface area contributed by atoms with Gasteiger partial charge in [0.15, 0.2) is 6.04 Å². The van der Waals surface area contributed by atoms with E-state index >= 15 is 0 Å². The zero-order chi connectivity index (χ0) is 24.4. The highest BCUT2D eigenvalue weighted by Gasteiger charge is 2.30. The summed E-state index contributed by atoms with van der Waals surface area (Å²) in [5.74, 6) is -5.69. The van der Waals surface area contributed by atoms with Crippen molar-refractivity contribution in [1.29, 1.82) is 0 Å². The third kappa shape index (κ3) is 8.97. The molecule has 0 heterocycles. The van der Waals surface area contributed by atoms with Crippen LogP contribution in [0.2, 0.25) is 0 Å². The SMILES string of the molecule is CC(O)C(NC(=O)C(CC(=O)O)NC(=O)CNC(=O)C(N)Cc1ccc(O)cc1)C(=O)O. The number of carboxylic acid groups (broad SMARTS) is 2. The number of phenolic OH excluding ortho intramolecular Hbond substituents is 1. The molecule has 4 atom stereocenters. The molecule has 0 aliphatic carbocycles. The first-order valence-corrected chi connectivity index (χ1v) is 9.44. The number of nitrogens with one attached hydrogen (secondary N) is 3. The van der Waals surface area contributed by atoms with Gasteiger partial charge in [0.05, 0.1) is 25.1 Å². The van der Waals surface area contributed by atoms with Crippen molar-refractivity contribution in [3.63, 3.8) is 0 Å². The average Bonchev–Trinajstić information content (AvgIpc) is 2.70. The van der Waals surface area contributed by atoms with Crippen LogP contribution in [0.5, 0.6) is 5.75 Å². The van der Waals surface area contributed by atoms with E-state index in [-0.39, 0.29) is 12.2 Å². The van der Waals surface area contributed by atoms with Gasteiger partial charge in [0, 0.05) is 0 Å². The molecule has 0 saturated carbocycles. The molecule has 1 aromatic carbocycles. The smallest absolute Gasteiger partial charge is 0.328 e. The lowest BCUT2D eigenvalue weighted by Crippen LogP contribution is -2.56. The average molecular weight is 454 g/mol. The van der Waals surface area contributed by atoms with Gasteiger partial charge in [-0.3, -0.25) is 19.2 Å². The van der Waals surface area contributed by atoms with Crippen molar-refractivity contribution in [3.8, 4) is 5.75 Å². The first-order chi connectivity index (χ1) is 14.9. The number of amides is 3. The number of aliphatic hydroxyl groups excluding tert-OH is 1. The van der Waals surface area contributed by atoms with Crippen molar-refractivity contribution in [2.45, 2.75) is 44.0 Å². The highest BCUT2D eigenvalue weighted by atomic mass is 16.4. The van der Waals surface area contributed by atoms with Gasteiger partial charge in [0.1, 0.15) is 11.8 Å². The molecule has 0 fully saturated rings. The minimum Gasteiger partial charge on any atom is -0.508 e. The van der Waals surface area contributed by atoms with Crippen LogP contribution in [0, 0.1) is 0 Å². The van der Waals surface area contributed by atoms with Gasteiger partial charge in [0.2, 0.25) is 17.7 Å². The van der Waals surface area contributed by atoms with Crippen molar-refractivity contribution >= 4 is 29.7 Å². The number of phenols is 1. The minimum atomic E-state index is -1.71. The summed E-state index contributed by atoms with van der Waals surface area (Å²) in [5.41, 5.74) is 6.44. The highest BCUT2D eigenvalue weighted by Crippen LogP contribution is 2.10. The number of carbonyl (C=O) groups is 5. The maximum Gasteiger partial charge on any atom is 0.328 e. The van der Waals surface area contributed by atoms with Crippen molar-refractivity contribution in [2.24, 2.45) is 5.73 Å². The second kappa shape index (κ2) is 12.2. The zero-order valence-corrected chi connectivity index (χ0v) is 17.1. The van der Waals surface area contributed by atoms with E-state index in [0.29, 0.717) is 5.56 Å². The number of carbonyl (C=O) groups excluding carboxylic acids is 3. The van der Waals surface area contributed by atoms with Crippen LogP contribution in [0.4, 0.5) is 0 Å². The number of rotatable bonds is 12. The van der Waals surface area contributed by atoms with Gasteiger partial charge in [-0.25, -0.2) is 4.79 Å². The number of carboxylic acids is 2. The van der Waals surface area contributed by atoms with Gasteiger partial charge in [-0.05, 0) is 31.0 Å². The molecule has 3 amide bonds. The summed E-state index contributed by atoms with van der Waals surface area (Å²) in [4.78, 5) is 58.5. The molecule has 0 aliphatic heterocycles. The second-order valence-electron chi connectivity index (χ2n) is 6.98. The van der Waals surface area contributed by atoms with Gasteiger partial charge in [0.25, 0.3) is 0 Å². The van der Waals surface area contributed by atoms with E-state index in [1.54, 1.807) is 12.1 Å². The fraction of sp³-hybridized carbons (Fsp3) is 0.421. The summed E-state index contributed by atoms with van der Waals surface area (Å²) in [6, 6.07) is 1.61. The van der Waals surface area contributed by atoms with E-state index in [1.807, 2.05) is 5.32 Å². The number of aliphatic carboxylic acids is 2. The molecular weight excluding hydrogens is 428 g/mol. The minimum absolute atomic E-state index is 0.0477. The standard InChI is InChI=1S/C19H26N4O9/c1-9(24)16(19(31)32)23-18(30)13(7-15(27)28)22-14(26)8-21-17(29)12(20)6-10-2-4-11(25)5-3-10/h2-5,9,12-13,16,24-25H,6-8,20H2,1H3,(H,21,29)(H,22,26)(H,23,30)(H,27,28)(H,31,32). The van der Waals surface area contributed by atoms with Crippen molar-refractivity contribution in [1.82, 2.24) is 16.0 Å². The van der Waals surface area contributed by atoms with Gasteiger partial charge < -0.3 is 42.1 Å². The van der Waals surface area contributed by atoms with Crippen LogP contribution in [-0.2, 0) is 30.4 Å². The van der Waals surface area contributed by atoms with Crippen LogP contribution in [-0.4, -0.2) is 80.9 Å². The van der Waals surface area contributed by atoms with E-state index in [2.05, 4.69) is 10.6 Å². The number of nitrogens with two attached hydrogens (primary N) is 1. The van der Waals surface area contributed by atoms with Gasteiger partial charge in [-0.2, -0.15) is 0 Å². The molecule has 0 radical (unpaired) electrons. The summed E-state index contributed by atoms with van der Waals surface area (Å²) >= 11 is 0. The molecule has 13 heteroatoms. The van der Waals surface area contributed by atoms with Crippen LogP contribution < -0.4 is 21.7 Å². The van der Waals surface area contributed by atoms with E-state index in [9.17, 15) is 34.2 Å². The Balaban J connectivity index is 2.65. The summed E-state index contributed by atoms with van der Waals surface area (Å²) < 4.78 is 0. The van der Waals surface area contributed by atoms with Crippen LogP contribution in [0.15, 0.2) is 24.3 Å². The number of benzene rings is 1. The molecule has 176 valence electrons. The van der Waals surface area contributed by atoms with Gasteiger partial charge in [-0.1, -0.05) is 12.1 Å². The number of hydrogen-bond acceptors (Lipinski definition) is 8. The summed E-state index contributed by atoms with van der Waals surface area (Å²) in [6.45, 7) is 0.491. The van der Waals surface area contributed by atoms with Crippen molar-refractivity contribution < 1.29 is 44.4 Å². The Morgan fingerprint density at radius 3 is 2.09 bits per heavy atom. The van der Waals surface area contributed by atoms with E-state index in [0.717, 1.165) is 6.92 Å². The Labute approximate surface area is 182 Å². The Morgan fingerprint density at radius 1 is 1.00 bits per heavy atom. The zero-order valence-electron chi connectivity index (χ0n) is 17.1. The van der Waals surface area contributed by atoms with E-state index in [4.69, 9.17) is 15.9 Å². The molecule has 9 N–H and O–H groups in total. The fourth-order valence-corrected chi connectivity index (χ4v) is 2.55. The Kier molecular flexibility index (Phi) is 10.1. The molecule has 1 rings (SSSR count). The van der Waals surface area contributed by atoms with E-state index < -0.39 is 66.9 Å². The lowest BCUT2D eigenvalue weighted by Gasteiger charge is -2.22. The van der Waals surface area contributed by atoms with Crippen molar-refractivity contribution in [2.75, 3.05) is 6.54 Å². The topological polar surface area (TPSA) is 228 Å². The Bertz CT molecular complexity index is 842. The van der Waals surface area contributed by atoms with E-state index in [1.165, 1.54) is 12.1 Å². The second-order valence-corrected chi connectivity index (χ2v) is 6.98. The first kappa shape index (κ1) is 26.3. The normalized spacial score (nSPS) is 14.3. The molecule has 32 heavy (non-hydrogen) atoms. The Morgan fingerprint density at radius 2 is 1.59 bits per heavy atom. The lowest BCUT2D eigenvalue weighted by molar-refractivity contribution is -0.145. The van der Waals surface area contributed by atoms with Crippen LogP contribution in [0.1, 0.15) is 18.9 Å². The lowest BCUT2D eigenvalue weighted by atomic mass is 10.1. The third-order valence-electron chi connectivity index (χ3n) is 4.23. The molecule has 1 aromatic rings. The predicted octanol–water partition coefficient (Wildman–Crippen LogP) is -2.71. The largest absolute Gasteiger partial charge is 0.508 e. The highest BCUT2D eigenvalue weighted by molar-refractivity contribution is 5.94. The Hall–Kier alpha value is -3.71. The quantitative estimate of drug-likeness (QED) is 0.163. The van der Waals surface area contributed by atoms with Crippen LogP contribution in [0.25, 0.3) is 0 Å². The summed E-state index contributed by atoms with van der Waals surface area (Å²) in [7, 11) is 0. The molecular formula is C19H26N4O9. The predicted molar refractivity (Wildman–Crippen MR) is 108 cm³/mol. The molecule has 13 nitrogen and oxygen atoms in total. The van der Waals surface area contributed by atoms with Crippen LogP contribution >= 0.6 is 0 Å². The summed E-state index contributed by atoms with van der Waals surface area (Å²) in [5, 5.41) is 42.9. The van der Waals surface area contributed by atoms with Gasteiger partial charge in [-0.15, -0.1) is 0 Å². The molecule has 4 unspecified atom stereocenters. The molecule has 0 aromatic heterocycles. The van der Waals surface area contributed by atoms with Gasteiger partial charge >= 0.3 is 11.9 Å². The summed E-state index contributed by atoms with van der Waals surface area (Å²) in [6.07, 6.45) is -2.22. The van der Waals surface area contributed by atoms with Crippen molar-refractivity contribution in [3.05, 3.63) is 29.8 Å². The molecule has 0 bridgehead atoms. The number of aliphatic hydroxyl groups is 1. The fourth-order valence-electron chi connectivity index (χ4n) is 2.55. The number of aromatic hydroxyl groups is 1. The maximum atomic E-state index is 12.2. The third-order valence-corrected chi connectivity index (χ3v) is 4.23. The molecule has 0 aliphatic rings. The number of hydrogen-bond donors (Lipinski definition) is 8. The monoisotopic (exact) mass is 454 g/mol. The maximum absolute atomic E-state index is 12.2. The van der Waals surface area contributed by atoms with Crippen LogP contribution in [0.3, 0.4) is 0 Å².